The molecule has 0 radical (unpaired) electrons. The number of H-pyrrole nitrogens is 1. The molecule has 0 aliphatic rings. The smallest absolute Gasteiger partial charge is 0.367 e. The second-order valence-corrected chi connectivity index (χ2v) is 7.91. The average molecular weight is 486 g/mol. The highest BCUT2D eigenvalue weighted by Gasteiger charge is 2.57. The number of aromatic amines is 1. The molecule has 2 aromatic carbocycles. The molecule has 0 spiro atoms. The Labute approximate surface area is 201 Å². The van der Waals surface area contributed by atoms with Crippen molar-refractivity contribution >= 4 is 46.2 Å². The van der Waals surface area contributed by atoms with Gasteiger partial charge in [-0.05, 0) is 32.9 Å². The maximum atomic E-state index is 13.6. The molecule has 8 nitrogen and oxygen atoms in total. The van der Waals surface area contributed by atoms with Crippen LogP contribution in [-0.2, 0) is 34.2 Å². The van der Waals surface area contributed by atoms with E-state index in [0.29, 0.717) is 10.5 Å². The minimum Gasteiger partial charge on any atom is -0.462 e. The van der Waals surface area contributed by atoms with Gasteiger partial charge in [-0.3, -0.25) is 9.59 Å². The first-order valence-corrected chi connectivity index (χ1v) is 11.0. The molecule has 0 aliphatic heterocycles. The van der Waals surface area contributed by atoms with Crippen molar-refractivity contribution in [3.63, 3.8) is 0 Å². The van der Waals surface area contributed by atoms with Gasteiger partial charge in [0.15, 0.2) is 0 Å². The molecule has 0 atom stereocenters. The first kappa shape index (κ1) is 25.0. The highest BCUT2D eigenvalue weighted by Crippen LogP contribution is 2.39. The van der Waals surface area contributed by atoms with Crippen molar-refractivity contribution in [2.75, 3.05) is 13.2 Å². The van der Waals surface area contributed by atoms with Crippen LogP contribution in [0.1, 0.15) is 48.0 Å². The number of fused-ring (bicyclic) bond motifs is 1. The fraction of sp³-hybridized carbons (Fsp3) is 0.280. The van der Waals surface area contributed by atoms with Gasteiger partial charge in [0.25, 0.3) is 0 Å². The molecule has 1 aromatic heterocycles. The summed E-state index contributed by atoms with van der Waals surface area (Å²) in [6, 6.07) is 11.3. The number of aryl methyl sites for hydroxylation is 1. The topological polar surface area (TPSA) is 112 Å². The Kier molecular flexibility index (Phi) is 7.41. The maximum Gasteiger partial charge on any atom is 0.367 e. The number of hydrogen-bond donors (Lipinski definition) is 1. The molecule has 3 rings (SSSR count). The summed E-state index contributed by atoms with van der Waals surface area (Å²) >= 11 is 6.14. The Balaban J connectivity index is 2.43. The normalized spacial score (nSPS) is 11.2. The molecule has 34 heavy (non-hydrogen) atoms. The largest absolute Gasteiger partial charge is 0.462 e. The quantitative estimate of drug-likeness (QED) is 0.220. The van der Waals surface area contributed by atoms with E-state index in [9.17, 15) is 19.2 Å². The van der Waals surface area contributed by atoms with E-state index < -0.39 is 29.3 Å². The van der Waals surface area contributed by atoms with Crippen LogP contribution in [0.5, 0.6) is 0 Å². The van der Waals surface area contributed by atoms with E-state index in [1.807, 2.05) is 6.92 Å². The zero-order chi connectivity index (χ0) is 25.0. The summed E-state index contributed by atoms with van der Waals surface area (Å²) < 4.78 is 15.7. The van der Waals surface area contributed by atoms with Crippen molar-refractivity contribution in [2.24, 2.45) is 0 Å². The number of carbonyl (C=O) groups is 4. The van der Waals surface area contributed by atoms with Crippen molar-refractivity contribution in [1.29, 1.82) is 0 Å². The van der Waals surface area contributed by atoms with E-state index in [1.54, 1.807) is 24.3 Å². The number of aromatic nitrogens is 1. The summed E-state index contributed by atoms with van der Waals surface area (Å²) in [6.07, 6.45) is 0. The van der Waals surface area contributed by atoms with E-state index in [-0.39, 0.29) is 35.4 Å². The molecule has 0 unspecified atom stereocenters. The van der Waals surface area contributed by atoms with E-state index in [4.69, 9.17) is 25.8 Å². The van der Waals surface area contributed by atoms with Crippen molar-refractivity contribution in [3.05, 3.63) is 69.9 Å². The Morgan fingerprint density at radius 1 is 0.941 bits per heavy atom. The molecule has 178 valence electrons. The Morgan fingerprint density at radius 2 is 1.53 bits per heavy atom. The number of ether oxygens (including phenoxy) is 3. The number of halogens is 1. The van der Waals surface area contributed by atoms with Gasteiger partial charge in [0.1, 0.15) is 0 Å². The van der Waals surface area contributed by atoms with Gasteiger partial charge in [-0.25, -0.2) is 9.59 Å². The minimum atomic E-state index is -2.68. The minimum absolute atomic E-state index is 0.114. The second-order valence-electron chi connectivity index (χ2n) is 7.48. The van der Waals surface area contributed by atoms with Crippen LogP contribution in [0, 0.1) is 6.92 Å². The van der Waals surface area contributed by atoms with E-state index >= 15 is 0 Å². The van der Waals surface area contributed by atoms with E-state index in [1.165, 1.54) is 32.0 Å². The van der Waals surface area contributed by atoms with Crippen LogP contribution in [0.3, 0.4) is 0 Å². The lowest BCUT2D eigenvalue weighted by Crippen LogP contribution is -2.50. The molecule has 1 N–H and O–H groups in total. The summed E-state index contributed by atoms with van der Waals surface area (Å²) in [7, 11) is 0. The highest BCUT2D eigenvalue weighted by atomic mass is 35.5. The fourth-order valence-corrected chi connectivity index (χ4v) is 3.83. The molecule has 0 saturated carbocycles. The molecule has 0 amide bonds. The van der Waals surface area contributed by atoms with E-state index in [0.717, 1.165) is 12.5 Å². The molecular weight excluding hydrogens is 462 g/mol. The van der Waals surface area contributed by atoms with E-state index in [2.05, 4.69) is 4.98 Å². The zero-order valence-corrected chi connectivity index (χ0v) is 19.9. The van der Waals surface area contributed by atoms with Crippen LogP contribution in [0.15, 0.2) is 42.5 Å². The van der Waals surface area contributed by atoms with Crippen molar-refractivity contribution < 1.29 is 33.4 Å². The summed E-state index contributed by atoms with van der Waals surface area (Å²) in [4.78, 5) is 55.4. The lowest BCUT2D eigenvalue weighted by molar-refractivity contribution is -0.197. The third-order valence-electron chi connectivity index (χ3n) is 5.08. The van der Waals surface area contributed by atoms with Gasteiger partial charge in [-0.15, -0.1) is 0 Å². The number of ketones is 1. The molecule has 0 bridgehead atoms. The van der Waals surface area contributed by atoms with Crippen LogP contribution in [-0.4, -0.2) is 41.9 Å². The Morgan fingerprint density at radius 3 is 2.06 bits per heavy atom. The molecular formula is C25H24ClNO7. The summed E-state index contributed by atoms with van der Waals surface area (Å²) in [6.45, 7) is 5.76. The zero-order valence-electron chi connectivity index (χ0n) is 19.2. The van der Waals surface area contributed by atoms with Gasteiger partial charge in [0.2, 0.25) is 5.78 Å². The van der Waals surface area contributed by atoms with Crippen LogP contribution < -0.4 is 0 Å². The van der Waals surface area contributed by atoms with Gasteiger partial charge in [0, 0.05) is 28.4 Å². The number of benzene rings is 2. The summed E-state index contributed by atoms with van der Waals surface area (Å²) in [5.74, 6) is -3.85. The predicted molar refractivity (Wildman–Crippen MR) is 125 cm³/mol. The standard InChI is InChI=1S/C25H24ClNO7/c1-5-32-23(30)25(34-15(4)28,24(31)33-6-2)20-18-12-11-17(26)13-19(18)27-21(20)22(29)16-9-7-14(3)8-10-16/h7-13,27H,5-6H2,1-4H3. The van der Waals surface area contributed by atoms with Crippen molar-refractivity contribution in [2.45, 2.75) is 33.3 Å². The number of rotatable bonds is 8. The Hall–Kier alpha value is -3.65. The Bertz CT molecular complexity index is 1240. The monoisotopic (exact) mass is 485 g/mol. The molecule has 9 heteroatoms. The van der Waals surface area contributed by atoms with Crippen LogP contribution in [0.4, 0.5) is 0 Å². The van der Waals surface area contributed by atoms with Crippen molar-refractivity contribution in [3.8, 4) is 0 Å². The first-order valence-electron chi connectivity index (χ1n) is 10.6. The molecule has 0 fully saturated rings. The lowest BCUT2D eigenvalue weighted by atomic mass is 9.88. The molecule has 3 aromatic rings. The third kappa shape index (κ3) is 4.54. The number of carbonyl (C=O) groups excluding carboxylic acids is 4. The second kappa shape index (κ2) is 10.1. The SMILES string of the molecule is CCOC(=O)C(OC(C)=O)(C(=O)OCC)c1c(C(=O)c2ccc(C)cc2)[nH]c2cc(Cl)ccc12. The maximum absolute atomic E-state index is 13.6. The average Bonchev–Trinajstić information content (AvgIpc) is 3.16. The van der Waals surface area contributed by atoms with Crippen molar-refractivity contribution in [1.82, 2.24) is 4.98 Å². The summed E-state index contributed by atoms with van der Waals surface area (Å²) in [5.41, 5.74) is -1.43. The number of hydrogen-bond acceptors (Lipinski definition) is 7. The number of nitrogens with one attached hydrogen (secondary N) is 1. The molecule has 1 heterocycles. The summed E-state index contributed by atoms with van der Waals surface area (Å²) in [5, 5.41) is 0.613. The molecule has 0 saturated heterocycles. The predicted octanol–water partition coefficient (Wildman–Crippen LogP) is 4.25. The van der Waals surface area contributed by atoms with Crippen LogP contribution >= 0.6 is 11.6 Å². The van der Waals surface area contributed by atoms with Crippen LogP contribution in [0.25, 0.3) is 10.9 Å². The van der Waals surface area contributed by atoms with Gasteiger partial charge in [-0.2, -0.15) is 0 Å². The lowest BCUT2D eigenvalue weighted by Gasteiger charge is -2.29. The van der Waals surface area contributed by atoms with Gasteiger partial charge in [-0.1, -0.05) is 47.5 Å². The van der Waals surface area contributed by atoms with Crippen LogP contribution in [0.2, 0.25) is 5.02 Å². The van der Waals surface area contributed by atoms with Gasteiger partial charge in [0.05, 0.1) is 24.5 Å². The fourth-order valence-electron chi connectivity index (χ4n) is 3.66. The van der Waals surface area contributed by atoms with Gasteiger partial charge >= 0.3 is 23.5 Å². The third-order valence-corrected chi connectivity index (χ3v) is 5.31. The highest BCUT2D eigenvalue weighted by molar-refractivity contribution is 6.31. The number of esters is 3. The van der Waals surface area contributed by atoms with Gasteiger partial charge < -0.3 is 19.2 Å². The molecule has 0 aliphatic carbocycles. The first-order chi connectivity index (χ1) is 16.1.